The zero-order chi connectivity index (χ0) is 34.9. The Hall–Kier alpha value is -3.64. The lowest BCUT2D eigenvalue weighted by atomic mass is 9.86. The van der Waals surface area contributed by atoms with Gasteiger partial charge < -0.3 is 19.5 Å². The Morgan fingerprint density at radius 2 is 1.87 bits per heavy atom. The highest BCUT2D eigenvalue weighted by molar-refractivity contribution is 8.16. The van der Waals surface area contributed by atoms with Gasteiger partial charge in [-0.2, -0.15) is 17.6 Å². The minimum Gasteiger partial charge on any atom is -0.467 e. The zero-order valence-corrected chi connectivity index (χ0v) is 28.4. The third kappa shape index (κ3) is 8.45. The van der Waals surface area contributed by atoms with E-state index >= 15 is 8.78 Å². The van der Waals surface area contributed by atoms with E-state index in [4.69, 9.17) is 9.73 Å². The standard InChI is InChI=1S/C29H35F5N6O5SSi/c1-27(18-9-17(12-37-23(18)31)10-19(30)20-13-36-22(14-35-20)45-15-29(32,33)34)21-11-28(21,24(41)39(2)3)46-25(38-27)40(26(42)43)16-44-7-8-47(4,5)6/h9-10,12-14,21H,7-8,11,15-16H2,1-6H3,(H,42,43)/b19-10-/t21-,27+,28-/m0/s1. The summed E-state index contributed by atoms with van der Waals surface area (Å²) in [6.07, 6.45) is -1.97. The van der Waals surface area contributed by atoms with Crippen LogP contribution in [0.2, 0.25) is 25.7 Å². The van der Waals surface area contributed by atoms with E-state index in [1.165, 1.54) is 11.0 Å². The van der Waals surface area contributed by atoms with Crippen molar-refractivity contribution in [3.05, 3.63) is 47.4 Å². The quantitative estimate of drug-likeness (QED) is 0.100. The summed E-state index contributed by atoms with van der Waals surface area (Å²) >= 11 is 0.995. The number of carbonyl (C=O) groups excluding carboxylic acids is 1. The maximum Gasteiger partial charge on any atom is 0.422 e. The van der Waals surface area contributed by atoms with E-state index in [0.29, 0.717) is 6.61 Å². The van der Waals surface area contributed by atoms with Crippen molar-refractivity contribution in [2.75, 3.05) is 34.0 Å². The second-order valence-corrected chi connectivity index (χ2v) is 19.7. The van der Waals surface area contributed by atoms with Crippen molar-refractivity contribution in [2.45, 2.75) is 55.5 Å². The second-order valence-electron chi connectivity index (χ2n) is 12.8. The molecule has 4 rings (SSSR count). The number of fused-ring (bicyclic) bond motifs is 1. The van der Waals surface area contributed by atoms with Crippen LogP contribution in [0.5, 0.6) is 5.88 Å². The van der Waals surface area contributed by atoms with Crippen LogP contribution in [0.4, 0.5) is 26.7 Å². The Morgan fingerprint density at radius 1 is 1.17 bits per heavy atom. The van der Waals surface area contributed by atoms with Crippen molar-refractivity contribution in [3.63, 3.8) is 0 Å². The zero-order valence-electron chi connectivity index (χ0n) is 26.6. The smallest absolute Gasteiger partial charge is 0.422 e. The van der Waals surface area contributed by atoms with Crippen molar-refractivity contribution >= 4 is 48.9 Å². The van der Waals surface area contributed by atoms with Crippen molar-refractivity contribution in [3.8, 4) is 5.88 Å². The summed E-state index contributed by atoms with van der Waals surface area (Å²) in [5.41, 5.74) is -1.85. The van der Waals surface area contributed by atoms with Crippen LogP contribution >= 0.6 is 11.8 Å². The van der Waals surface area contributed by atoms with Crippen LogP contribution in [0.3, 0.4) is 0 Å². The summed E-state index contributed by atoms with van der Waals surface area (Å²) in [4.78, 5) is 44.0. The van der Waals surface area contributed by atoms with Gasteiger partial charge in [-0.15, -0.1) is 0 Å². The molecule has 1 N–H and O–H groups in total. The van der Waals surface area contributed by atoms with E-state index in [9.17, 15) is 27.9 Å². The first-order valence-corrected chi connectivity index (χ1v) is 18.9. The number of alkyl halides is 3. The van der Waals surface area contributed by atoms with Crippen molar-refractivity contribution < 1.29 is 46.1 Å². The molecule has 11 nitrogen and oxygen atoms in total. The molecule has 1 saturated carbocycles. The largest absolute Gasteiger partial charge is 0.467 e. The second kappa shape index (κ2) is 13.5. The lowest BCUT2D eigenvalue weighted by Gasteiger charge is -2.37. The number of amidine groups is 1. The van der Waals surface area contributed by atoms with Crippen molar-refractivity contribution in [1.29, 1.82) is 0 Å². The molecule has 2 aromatic rings. The molecule has 0 unspecified atom stereocenters. The Balaban J connectivity index is 1.68. The molecule has 47 heavy (non-hydrogen) atoms. The normalized spacial score (nSPS) is 22.7. The van der Waals surface area contributed by atoms with Gasteiger partial charge in [-0.25, -0.2) is 29.0 Å². The first-order chi connectivity index (χ1) is 21.8. The summed E-state index contributed by atoms with van der Waals surface area (Å²) in [5, 5.41) is 10.1. The number of rotatable bonds is 11. The van der Waals surface area contributed by atoms with Crippen LogP contribution in [0, 0.1) is 11.9 Å². The monoisotopic (exact) mass is 702 g/mol. The Morgan fingerprint density at radius 3 is 2.45 bits per heavy atom. The fourth-order valence-corrected chi connectivity index (χ4v) is 7.46. The fourth-order valence-electron chi connectivity index (χ4n) is 5.01. The number of pyridine rings is 1. The van der Waals surface area contributed by atoms with E-state index in [2.05, 4.69) is 39.3 Å². The van der Waals surface area contributed by atoms with Crippen LogP contribution in [0.15, 0.2) is 29.6 Å². The summed E-state index contributed by atoms with van der Waals surface area (Å²) in [6, 6.07) is 2.09. The third-order valence-electron chi connectivity index (χ3n) is 7.59. The number of aromatic nitrogens is 3. The minimum absolute atomic E-state index is 0.0495. The predicted molar refractivity (Wildman–Crippen MR) is 168 cm³/mol. The van der Waals surface area contributed by atoms with Gasteiger partial charge in [0.25, 0.3) is 0 Å². The number of nitrogens with zero attached hydrogens (tertiary/aromatic N) is 6. The number of carboxylic acid groups (broad SMARTS) is 1. The van der Waals surface area contributed by atoms with Crippen LogP contribution in [-0.2, 0) is 15.1 Å². The number of hydrogen-bond acceptors (Lipinski definition) is 9. The molecule has 0 saturated heterocycles. The van der Waals surface area contributed by atoms with E-state index in [0.717, 1.165) is 47.4 Å². The molecular formula is C29H35F5N6O5SSi. The Kier molecular flexibility index (Phi) is 10.4. The minimum atomic E-state index is -4.59. The molecule has 1 aliphatic carbocycles. The number of carbonyl (C=O) groups is 2. The van der Waals surface area contributed by atoms with Crippen LogP contribution < -0.4 is 4.74 Å². The average Bonchev–Trinajstić information content (AvgIpc) is 3.72. The molecule has 0 aromatic carbocycles. The SMILES string of the molecule is CN(C)C(=O)[C@]12C[C@H]1[C@@](C)(c1cc(/C=C(\F)c3cnc(OCC(F)(F)F)cn3)cnc1F)N=C(N(COCC[Si](C)(C)C)C(=O)O)S2. The van der Waals surface area contributed by atoms with Gasteiger partial charge in [-0.3, -0.25) is 9.79 Å². The first kappa shape index (κ1) is 36.2. The number of amides is 2. The lowest BCUT2D eigenvalue weighted by Crippen LogP contribution is -2.47. The molecule has 3 heterocycles. The van der Waals surface area contributed by atoms with Gasteiger partial charge in [0.2, 0.25) is 17.7 Å². The van der Waals surface area contributed by atoms with Gasteiger partial charge in [-0.1, -0.05) is 31.4 Å². The van der Waals surface area contributed by atoms with Gasteiger partial charge in [-0.05, 0) is 37.1 Å². The summed E-state index contributed by atoms with van der Waals surface area (Å²) in [5.74, 6) is -3.22. The van der Waals surface area contributed by atoms with Crippen molar-refractivity contribution in [1.82, 2.24) is 24.8 Å². The average molecular weight is 703 g/mol. The number of ether oxygens (including phenoxy) is 2. The molecule has 3 atom stereocenters. The van der Waals surface area contributed by atoms with E-state index in [1.807, 2.05) is 0 Å². The lowest BCUT2D eigenvalue weighted by molar-refractivity contribution is -0.154. The number of hydrogen-bond donors (Lipinski definition) is 1. The van der Waals surface area contributed by atoms with Crippen LogP contribution in [0.25, 0.3) is 11.9 Å². The summed E-state index contributed by atoms with van der Waals surface area (Å²) < 4.78 is 76.9. The highest BCUT2D eigenvalue weighted by atomic mass is 32.2. The van der Waals surface area contributed by atoms with Gasteiger partial charge >= 0.3 is 12.3 Å². The molecule has 18 heteroatoms. The molecule has 1 fully saturated rings. The molecule has 2 amide bonds. The molecule has 0 spiro atoms. The highest BCUT2D eigenvalue weighted by Crippen LogP contribution is 2.67. The first-order valence-electron chi connectivity index (χ1n) is 14.4. The van der Waals surface area contributed by atoms with Gasteiger partial charge in [0, 0.05) is 46.5 Å². The Labute approximate surface area is 273 Å². The maximum absolute atomic E-state index is 15.5. The topological polar surface area (TPSA) is 130 Å². The number of aliphatic imine (C=N–C) groups is 1. The Bertz CT molecular complexity index is 1570. The fraction of sp³-hybridized carbons (Fsp3) is 0.517. The van der Waals surface area contributed by atoms with Crippen molar-refractivity contribution in [2.24, 2.45) is 10.9 Å². The molecule has 1 aliphatic heterocycles. The van der Waals surface area contributed by atoms with Gasteiger partial charge in [0.1, 0.15) is 17.2 Å². The third-order valence-corrected chi connectivity index (χ3v) is 10.8. The maximum atomic E-state index is 15.5. The van der Waals surface area contributed by atoms with Crippen LogP contribution in [0.1, 0.15) is 30.2 Å². The highest BCUT2D eigenvalue weighted by Gasteiger charge is 2.71. The molecule has 0 bridgehead atoms. The van der Waals surface area contributed by atoms with Gasteiger partial charge in [0.15, 0.2) is 17.6 Å². The number of halogens is 5. The molecule has 256 valence electrons. The molecule has 2 aromatic heterocycles. The number of thioether (sulfide) groups is 1. The summed E-state index contributed by atoms with van der Waals surface area (Å²) in [7, 11) is 1.66. The predicted octanol–water partition coefficient (Wildman–Crippen LogP) is 5.88. The van der Waals surface area contributed by atoms with E-state index in [-0.39, 0.29) is 41.0 Å². The molecule has 0 radical (unpaired) electrons. The van der Waals surface area contributed by atoms with Gasteiger partial charge in [0.05, 0.1) is 17.9 Å². The molecular weight excluding hydrogens is 667 g/mol. The summed E-state index contributed by atoms with van der Waals surface area (Å²) in [6.45, 7) is 6.41. The van der Waals surface area contributed by atoms with Crippen LogP contribution in [-0.4, -0.2) is 100 Å². The van der Waals surface area contributed by atoms with E-state index < -0.39 is 60.8 Å². The van der Waals surface area contributed by atoms with E-state index in [1.54, 1.807) is 21.0 Å². The molecule has 2 aliphatic rings.